The largest absolute Gasteiger partial charge is 0.481 e. The maximum absolute atomic E-state index is 13.3. The smallest absolute Gasteiger partial charge is 0.407 e. The van der Waals surface area contributed by atoms with Gasteiger partial charge in [-0.15, -0.1) is 0 Å². The van der Waals surface area contributed by atoms with Gasteiger partial charge >= 0.3 is 12.1 Å². The SMILES string of the molecule is O=C(O)CCC(NC(=O)OCC1c2ccccc2-c2ccccc21)C(=O)N1CCC1C1CCCC1. The van der Waals surface area contributed by atoms with Crippen molar-refractivity contribution in [3.05, 3.63) is 59.7 Å². The lowest BCUT2D eigenvalue weighted by atomic mass is 9.87. The predicted molar refractivity (Wildman–Crippen MR) is 131 cm³/mol. The first-order chi connectivity index (χ1) is 17.0. The van der Waals surface area contributed by atoms with Gasteiger partial charge in [-0.1, -0.05) is 61.4 Å². The zero-order chi connectivity index (χ0) is 24.4. The monoisotopic (exact) mass is 476 g/mol. The molecular formula is C28H32N2O5. The molecule has 0 bridgehead atoms. The molecule has 2 aliphatic carbocycles. The molecule has 0 aromatic heterocycles. The molecule has 2 aromatic rings. The first-order valence-electron chi connectivity index (χ1n) is 12.7. The highest BCUT2D eigenvalue weighted by Gasteiger charge is 2.41. The summed E-state index contributed by atoms with van der Waals surface area (Å²) in [5.74, 6) is -0.748. The number of carboxylic acid groups (broad SMARTS) is 1. The second kappa shape index (κ2) is 10.1. The van der Waals surface area contributed by atoms with Crippen LogP contribution in [0.3, 0.4) is 0 Å². The second-order valence-electron chi connectivity index (χ2n) is 9.89. The number of nitrogens with one attached hydrogen (secondary N) is 1. The number of amides is 2. The Morgan fingerprint density at radius 3 is 2.17 bits per heavy atom. The molecule has 7 heteroatoms. The number of ether oxygens (including phenoxy) is 1. The van der Waals surface area contributed by atoms with Crippen molar-refractivity contribution in [3.63, 3.8) is 0 Å². The van der Waals surface area contributed by atoms with Gasteiger partial charge in [0.15, 0.2) is 0 Å². The standard InChI is InChI=1S/C28H32N2O5/c31-26(32)14-13-24(27(33)30-16-15-25(30)18-7-1-2-8-18)29-28(34)35-17-23-21-11-5-3-9-19(21)20-10-4-6-12-22(20)23/h3-6,9-12,18,23-25H,1-2,7-8,13-17H2,(H,29,34)(H,31,32). The van der Waals surface area contributed by atoms with Crippen molar-refractivity contribution in [2.75, 3.05) is 13.2 Å². The minimum absolute atomic E-state index is 0.0479. The third kappa shape index (κ3) is 4.77. The van der Waals surface area contributed by atoms with Gasteiger partial charge in [-0.2, -0.15) is 0 Å². The van der Waals surface area contributed by atoms with Crippen LogP contribution in [0.4, 0.5) is 4.79 Å². The molecule has 1 saturated carbocycles. The Balaban J connectivity index is 1.24. The molecule has 3 aliphatic rings. The maximum Gasteiger partial charge on any atom is 0.407 e. The van der Waals surface area contributed by atoms with Gasteiger partial charge in [0.25, 0.3) is 0 Å². The van der Waals surface area contributed by atoms with E-state index in [0.717, 1.165) is 41.5 Å². The van der Waals surface area contributed by atoms with Crippen molar-refractivity contribution < 1.29 is 24.2 Å². The topological polar surface area (TPSA) is 95.9 Å². The molecular weight excluding hydrogens is 444 g/mol. The fraction of sp³-hybridized carbons (Fsp3) is 0.464. The fourth-order valence-corrected chi connectivity index (χ4v) is 6.02. The van der Waals surface area contributed by atoms with E-state index in [4.69, 9.17) is 4.74 Å². The quantitative estimate of drug-likeness (QED) is 0.583. The van der Waals surface area contributed by atoms with Crippen molar-refractivity contribution in [1.29, 1.82) is 0 Å². The summed E-state index contributed by atoms with van der Waals surface area (Å²) < 4.78 is 5.62. The van der Waals surface area contributed by atoms with Crippen LogP contribution < -0.4 is 5.32 Å². The number of rotatable bonds is 8. The van der Waals surface area contributed by atoms with Gasteiger partial charge in [-0.25, -0.2) is 4.79 Å². The number of carbonyl (C=O) groups is 3. The van der Waals surface area contributed by atoms with E-state index < -0.39 is 18.1 Å². The summed E-state index contributed by atoms with van der Waals surface area (Å²) in [6.45, 7) is 0.810. The first-order valence-corrected chi connectivity index (χ1v) is 12.7. The Bertz CT molecular complexity index is 1060. The van der Waals surface area contributed by atoms with Crippen molar-refractivity contribution >= 4 is 18.0 Å². The number of nitrogens with zero attached hydrogens (tertiary/aromatic N) is 1. The van der Waals surface area contributed by atoms with E-state index >= 15 is 0 Å². The molecule has 0 spiro atoms. The predicted octanol–water partition coefficient (Wildman–Crippen LogP) is 4.55. The van der Waals surface area contributed by atoms with Gasteiger partial charge in [0.05, 0.1) is 0 Å². The van der Waals surface area contributed by atoms with E-state index in [2.05, 4.69) is 17.4 Å². The zero-order valence-corrected chi connectivity index (χ0v) is 19.8. The van der Waals surface area contributed by atoms with E-state index in [0.29, 0.717) is 12.5 Å². The third-order valence-electron chi connectivity index (χ3n) is 7.87. The van der Waals surface area contributed by atoms with Crippen LogP contribution in [-0.4, -0.2) is 53.2 Å². The summed E-state index contributed by atoms with van der Waals surface area (Å²) in [4.78, 5) is 39.1. The average Bonchev–Trinajstić information content (AvgIpc) is 3.46. The van der Waals surface area contributed by atoms with Gasteiger partial charge in [-0.3, -0.25) is 9.59 Å². The molecule has 2 amide bonds. The molecule has 1 heterocycles. The van der Waals surface area contributed by atoms with Crippen LogP contribution in [-0.2, 0) is 14.3 Å². The summed E-state index contributed by atoms with van der Waals surface area (Å²) >= 11 is 0. The zero-order valence-electron chi connectivity index (χ0n) is 19.8. The van der Waals surface area contributed by atoms with Crippen molar-refractivity contribution in [3.8, 4) is 11.1 Å². The Hall–Kier alpha value is -3.35. The Morgan fingerprint density at radius 1 is 0.971 bits per heavy atom. The number of alkyl carbamates (subject to hydrolysis) is 1. The van der Waals surface area contributed by atoms with Gasteiger partial charge in [0.1, 0.15) is 12.6 Å². The van der Waals surface area contributed by atoms with Crippen LogP contribution in [0.5, 0.6) is 0 Å². The molecule has 2 N–H and O–H groups in total. The van der Waals surface area contributed by atoms with Crippen LogP contribution in [0.25, 0.3) is 11.1 Å². The molecule has 1 aliphatic heterocycles. The number of likely N-dealkylation sites (tertiary alicyclic amines) is 1. The van der Waals surface area contributed by atoms with E-state index in [-0.39, 0.29) is 37.3 Å². The number of aliphatic carboxylic acids is 1. The highest BCUT2D eigenvalue weighted by molar-refractivity contribution is 5.87. The molecule has 2 fully saturated rings. The van der Waals surface area contributed by atoms with E-state index in [9.17, 15) is 19.5 Å². The van der Waals surface area contributed by atoms with E-state index in [1.54, 1.807) is 0 Å². The summed E-state index contributed by atoms with van der Waals surface area (Å²) in [7, 11) is 0. The molecule has 2 atom stereocenters. The number of benzene rings is 2. The second-order valence-corrected chi connectivity index (χ2v) is 9.89. The summed E-state index contributed by atoms with van der Waals surface area (Å²) in [6, 6.07) is 15.5. The normalized spacial score (nSPS) is 20.0. The van der Waals surface area contributed by atoms with Gasteiger partial charge in [-0.05, 0) is 53.9 Å². The summed E-state index contributed by atoms with van der Waals surface area (Å²) in [6.07, 6.45) is 4.81. The number of hydrogen-bond acceptors (Lipinski definition) is 4. The molecule has 35 heavy (non-hydrogen) atoms. The van der Waals surface area contributed by atoms with Crippen LogP contribution in [0.2, 0.25) is 0 Å². The van der Waals surface area contributed by atoms with Crippen LogP contribution in [0, 0.1) is 5.92 Å². The number of carbonyl (C=O) groups excluding carboxylic acids is 2. The van der Waals surface area contributed by atoms with Gasteiger partial charge in [0.2, 0.25) is 5.91 Å². The highest BCUT2D eigenvalue weighted by Crippen LogP contribution is 2.44. The van der Waals surface area contributed by atoms with E-state index in [1.807, 2.05) is 41.3 Å². The third-order valence-corrected chi connectivity index (χ3v) is 7.87. The summed E-state index contributed by atoms with van der Waals surface area (Å²) in [5, 5.41) is 11.9. The lowest BCUT2D eigenvalue weighted by Crippen LogP contribution is -2.60. The molecule has 184 valence electrons. The Morgan fingerprint density at radius 2 is 1.60 bits per heavy atom. The minimum Gasteiger partial charge on any atom is -0.481 e. The lowest BCUT2D eigenvalue weighted by molar-refractivity contribution is -0.144. The number of carboxylic acids is 1. The van der Waals surface area contributed by atoms with Crippen LogP contribution in [0.1, 0.15) is 62.0 Å². The van der Waals surface area contributed by atoms with Crippen molar-refractivity contribution in [2.24, 2.45) is 5.92 Å². The van der Waals surface area contributed by atoms with E-state index in [1.165, 1.54) is 12.8 Å². The average molecular weight is 477 g/mol. The molecule has 7 nitrogen and oxygen atoms in total. The highest BCUT2D eigenvalue weighted by atomic mass is 16.5. The van der Waals surface area contributed by atoms with Crippen LogP contribution in [0.15, 0.2) is 48.5 Å². The fourth-order valence-electron chi connectivity index (χ4n) is 6.02. The van der Waals surface area contributed by atoms with Crippen molar-refractivity contribution in [1.82, 2.24) is 10.2 Å². The number of hydrogen-bond donors (Lipinski definition) is 2. The number of fused-ring (bicyclic) bond motifs is 3. The Labute approximate surface area is 205 Å². The summed E-state index contributed by atoms with van der Waals surface area (Å²) in [5.41, 5.74) is 4.50. The van der Waals surface area contributed by atoms with Crippen molar-refractivity contribution in [2.45, 2.75) is 62.9 Å². The van der Waals surface area contributed by atoms with Gasteiger partial charge < -0.3 is 20.1 Å². The first kappa shape index (κ1) is 23.4. The van der Waals surface area contributed by atoms with Gasteiger partial charge in [0, 0.05) is 24.9 Å². The van der Waals surface area contributed by atoms with Crippen LogP contribution >= 0.6 is 0 Å². The lowest BCUT2D eigenvalue weighted by Gasteiger charge is -2.46. The Kier molecular flexibility index (Phi) is 6.75. The maximum atomic E-state index is 13.3. The molecule has 2 unspecified atom stereocenters. The molecule has 0 radical (unpaired) electrons. The molecule has 1 saturated heterocycles. The molecule has 5 rings (SSSR count). The molecule has 2 aromatic carbocycles. The minimum atomic E-state index is -0.993.